The van der Waals surface area contributed by atoms with Crippen LogP contribution in [0.5, 0.6) is 0 Å². The highest BCUT2D eigenvalue weighted by Gasteiger charge is 2.09. The average molecular weight is 274 g/mol. The van der Waals surface area contributed by atoms with Crippen molar-refractivity contribution in [2.45, 2.75) is 27.3 Å². The quantitative estimate of drug-likeness (QED) is 0.772. The molecule has 0 atom stereocenters. The lowest BCUT2D eigenvalue weighted by molar-refractivity contribution is 0.158. The van der Waals surface area contributed by atoms with Crippen LogP contribution in [0.2, 0.25) is 5.02 Å². The molecule has 0 saturated carbocycles. The molecule has 0 unspecified atom stereocenters. The van der Waals surface area contributed by atoms with Gasteiger partial charge in [0.2, 0.25) is 0 Å². The number of ether oxygens (including phenoxy) is 1. The summed E-state index contributed by atoms with van der Waals surface area (Å²) in [6, 6.07) is 0. The van der Waals surface area contributed by atoms with Gasteiger partial charge in [0, 0.05) is 19.7 Å². The maximum atomic E-state index is 11.9. The Morgan fingerprint density at radius 2 is 2.28 bits per heavy atom. The molecule has 18 heavy (non-hydrogen) atoms. The van der Waals surface area contributed by atoms with Crippen LogP contribution < -0.4 is 10.9 Å². The number of rotatable bonds is 7. The fraction of sp³-hybridized carbons (Fsp3) is 0.667. The van der Waals surface area contributed by atoms with Crippen molar-refractivity contribution >= 4 is 17.3 Å². The molecule has 0 aliphatic rings. The van der Waals surface area contributed by atoms with Gasteiger partial charge in [-0.15, -0.1) is 0 Å². The number of halogens is 1. The van der Waals surface area contributed by atoms with Crippen LogP contribution in [0.15, 0.2) is 11.0 Å². The first-order chi connectivity index (χ1) is 8.56. The zero-order chi connectivity index (χ0) is 13.5. The lowest BCUT2D eigenvalue weighted by atomic mass is 10.2. The first-order valence-electron chi connectivity index (χ1n) is 6.13. The molecule has 1 rings (SSSR count). The van der Waals surface area contributed by atoms with E-state index in [9.17, 15) is 4.79 Å². The third-order valence-electron chi connectivity index (χ3n) is 2.29. The van der Waals surface area contributed by atoms with Gasteiger partial charge < -0.3 is 10.1 Å². The molecule has 0 aliphatic heterocycles. The number of hydrogen-bond acceptors (Lipinski definition) is 4. The Hall–Kier alpha value is -1.07. The Labute approximate surface area is 112 Å². The second kappa shape index (κ2) is 7.38. The molecule has 1 N–H and O–H groups in total. The molecule has 1 aromatic heterocycles. The van der Waals surface area contributed by atoms with Gasteiger partial charge in [0.1, 0.15) is 5.02 Å². The molecule has 0 spiro atoms. The van der Waals surface area contributed by atoms with Gasteiger partial charge in [0.05, 0.1) is 18.5 Å². The number of nitrogens with zero attached hydrogens (tertiary/aromatic N) is 2. The molecule has 6 heteroatoms. The second-order valence-corrected chi connectivity index (χ2v) is 4.76. The molecule has 0 fully saturated rings. The van der Waals surface area contributed by atoms with E-state index in [0.29, 0.717) is 37.9 Å². The Balaban J connectivity index is 2.72. The van der Waals surface area contributed by atoms with E-state index in [4.69, 9.17) is 16.3 Å². The SMILES string of the molecule is CCOCCNc1cnn(CC(C)C)c(=O)c1Cl. The first kappa shape index (κ1) is 15.0. The van der Waals surface area contributed by atoms with Crippen molar-refractivity contribution in [3.63, 3.8) is 0 Å². The number of anilines is 1. The van der Waals surface area contributed by atoms with Crippen LogP contribution in [0.4, 0.5) is 5.69 Å². The molecule has 0 bridgehead atoms. The predicted octanol–water partition coefficient (Wildman–Crippen LogP) is 2.00. The standard InChI is InChI=1S/C12H20ClN3O2/c1-4-18-6-5-14-10-7-15-16(8-9(2)3)12(17)11(10)13/h7,9,14H,4-6,8H2,1-3H3. The Bertz CT molecular complexity index is 432. The largest absolute Gasteiger partial charge is 0.380 e. The fourth-order valence-electron chi connectivity index (χ4n) is 1.47. The van der Waals surface area contributed by atoms with Crippen molar-refractivity contribution in [3.8, 4) is 0 Å². The van der Waals surface area contributed by atoms with Crippen LogP contribution in [0.1, 0.15) is 20.8 Å². The zero-order valence-corrected chi connectivity index (χ0v) is 11.8. The number of aromatic nitrogens is 2. The van der Waals surface area contributed by atoms with E-state index in [-0.39, 0.29) is 10.6 Å². The lowest BCUT2D eigenvalue weighted by Crippen LogP contribution is -2.26. The summed E-state index contributed by atoms with van der Waals surface area (Å²) < 4.78 is 6.58. The fourth-order valence-corrected chi connectivity index (χ4v) is 1.68. The summed E-state index contributed by atoms with van der Waals surface area (Å²) >= 11 is 6.02. The van der Waals surface area contributed by atoms with Gasteiger partial charge in [0.25, 0.3) is 5.56 Å². The minimum atomic E-state index is -0.258. The van der Waals surface area contributed by atoms with Gasteiger partial charge in [-0.05, 0) is 12.8 Å². The maximum Gasteiger partial charge on any atom is 0.287 e. The van der Waals surface area contributed by atoms with Crippen molar-refractivity contribution in [1.82, 2.24) is 9.78 Å². The first-order valence-corrected chi connectivity index (χ1v) is 6.51. The highest BCUT2D eigenvalue weighted by atomic mass is 35.5. The molecule has 0 saturated heterocycles. The highest BCUT2D eigenvalue weighted by molar-refractivity contribution is 6.32. The smallest absolute Gasteiger partial charge is 0.287 e. The summed E-state index contributed by atoms with van der Waals surface area (Å²) in [5.74, 6) is 0.350. The van der Waals surface area contributed by atoms with Crippen molar-refractivity contribution in [3.05, 3.63) is 21.6 Å². The van der Waals surface area contributed by atoms with Crippen LogP contribution in [0.25, 0.3) is 0 Å². The van der Waals surface area contributed by atoms with E-state index in [1.54, 1.807) is 6.20 Å². The van der Waals surface area contributed by atoms with Crippen LogP contribution in [-0.4, -0.2) is 29.5 Å². The van der Waals surface area contributed by atoms with E-state index in [0.717, 1.165) is 0 Å². The topological polar surface area (TPSA) is 56.1 Å². The molecule has 0 radical (unpaired) electrons. The average Bonchev–Trinajstić information content (AvgIpc) is 2.32. The zero-order valence-electron chi connectivity index (χ0n) is 11.1. The van der Waals surface area contributed by atoms with Crippen molar-refractivity contribution in [2.75, 3.05) is 25.1 Å². The Morgan fingerprint density at radius 3 is 2.89 bits per heavy atom. The summed E-state index contributed by atoms with van der Waals surface area (Å²) in [6.07, 6.45) is 1.58. The summed E-state index contributed by atoms with van der Waals surface area (Å²) in [6.45, 7) is 8.39. The molecule has 0 amide bonds. The van der Waals surface area contributed by atoms with E-state index in [1.165, 1.54) is 4.68 Å². The van der Waals surface area contributed by atoms with Crippen molar-refractivity contribution in [1.29, 1.82) is 0 Å². The predicted molar refractivity (Wildman–Crippen MR) is 73.3 cm³/mol. The Morgan fingerprint density at radius 1 is 1.56 bits per heavy atom. The molecular formula is C12H20ClN3O2. The molecule has 1 heterocycles. The summed E-state index contributed by atoms with van der Waals surface area (Å²) in [7, 11) is 0. The monoisotopic (exact) mass is 273 g/mol. The van der Waals surface area contributed by atoms with Crippen molar-refractivity contribution in [2.24, 2.45) is 5.92 Å². The summed E-state index contributed by atoms with van der Waals surface area (Å²) in [4.78, 5) is 11.9. The number of nitrogens with one attached hydrogen (secondary N) is 1. The highest BCUT2D eigenvalue weighted by Crippen LogP contribution is 2.14. The van der Waals surface area contributed by atoms with Gasteiger partial charge in [-0.2, -0.15) is 5.10 Å². The maximum absolute atomic E-state index is 11.9. The number of hydrogen-bond donors (Lipinski definition) is 1. The summed E-state index contributed by atoms with van der Waals surface area (Å²) in [5.41, 5.74) is 0.299. The molecular weight excluding hydrogens is 254 g/mol. The third-order valence-corrected chi connectivity index (χ3v) is 2.65. The van der Waals surface area contributed by atoms with Crippen LogP contribution in [0.3, 0.4) is 0 Å². The van der Waals surface area contributed by atoms with Crippen molar-refractivity contribution < 1.29 is 4.74 Å². The molecule has 1 aromatic rings. The summed E-state index contributed by atoms with van der Waals surface area (Å²) in [5, 5.41) is 7.31. The minimum Gasteiger partial charge on any atom is -0.380 e. The molecule has 5 nitrogen and oxygen atoms in total. The van der Waals surface area contributed by atoms with E-state index in [2.05, 4.69) is 10.4 Å². The van der Waals surface area contributed by atoms with Gasteiger partial charge in [0.15, 0.2) is 0 Å². The van der Waals surface area contributed by atoms with Crippen LogP contribution in [-0.2, 0) is 11.3 Å². The molecule has 102 valence electrons. The molecule has 0 aromatic carbocycles. The van der Waals surface area contributed by atoms with Gasteiger partial charge >= 0.3 is 0 Å². The van der Waals surface area contributed by atoms with Gasteiger partial charge in [-0.25, -0.2) is 4.68 Å². The van der Waals surface area contributed by atoms with Gasteiger partial charge in [-0.3, -0.25) is 4.79 Å². The van der Waals surface area contributed by atoms with Crippen LogP contribution >= 0.6 is 11.6 Å². The lowest BCUT2D eigenvalue weighted by Gasteiger charge is -2.11. The van der Waals surface area contributed by atoms with Crippen LogP contribution in [0, 0.1) is 5.92 Å². The third kappa shape index (κ3) is 4.31. The second-order valence-electron chi connectivity index (χ2n) is 4.38. The minimum absolute atomic E-state index is 0.183. The van der Waals surface area contributed by atoms with E-state index in [1.807, 2.05) is 20.8 Å². The Kier molecular flexibility index (Phi) is 6.15. The normalized spacial score (nSPS) is 10.9. The van der Waals surface area contributed by atoms with Gasteiger partial charge in [-0.1, -0.05) is 25.4 Å². The molecule has 0 aliphatic carbocycles. The van der Waals surface area contributed by atoms with E-state index >= 15 is 0 Å². The van der Waals surface area contributed by atoms with E-state index < -0.39 is 0 Å².